The van der Waals surface area contributed by atoms with E-state index in [1.807, 2.05) is 6.20 Å². The summed E-state index contributed by atoms with van der Waals surface area (Å²) in [4.78, 5) is 6.74. The molecule has 0 aliphatic carbocycles. The summed E-state index contributed by atoms with van der Waals surface area (Å²) in [6.07, 6.45) is 4.51. The third kappa shape index (κ3) is 1.66. The van der Waals surface area contributed by atoms with Crippen LogP contribution in [-0.4, -0.2) is 30.2 Å². The highest BCUT2D eigenvalue weighted by Gasteiger charge is 2.36. The summed E-state index contributed by atoms with van der Waals surface area (Å²) in [6.45, 7) is 2.24. The number of aromatic nitrogens is 1. The van der Waals surface area contributed by atoms with Crippen molar-refractivity contribution in [3.8, 4) is 0 Å². The maximum absolute atomic E-state index is 4.18. The highest BCUT2D eigenvalue weighted by Crippen LogP contribution is 2.32. The molecule has 2 saturated heterocycles. The number of fused-ring (bicyclic) bond motifs is 2. The molecule has 0 radical (unpaired) electrons. The monoisotopic (exact) mass is 267 g/mol. The Labute approximate surface area is 98.0 Å². The molecule has 1 aromatic rings. The number of nitrogens with one attached hydrogen (secondary N) is 1. The summed E-state index contributed by atoms with van der Waals surface area (Å²) in [5, 5.41) is 3.49. The fourth-order valence-corrected chi connectivity index (χ4v) is 3.11. The molecule has 15 heavy (non-hydrogen) atoms. The van der Waals surface area contributed by atoms with Crippen LogP contribution in [-0.2, 0) is 0 Å². The molecule has 1 aromatic heterocycles. The lowest BCUT2D eigenvalue weighted by Crippen LogP contribution is -2.52. The van der Waals surface area contributed by atoms with Gasteiger partial charge in [0.25, 0.3) is 0 Å². The van der Waals surface area contributed by atoms with Gasteiger partial charge < -0.3 is 10.2 Å². The van der Waals surface area contributed by atoms with Crippen LogP contribution >= 0.6 is 15.9 Å². The minimum atomic E-state index is 0.679. The van der Waals surface area contributed by atoms with E-state index in [0.29, 0.717) is 12.1 Å². The molecule has 3 nitrogen and oxygen atoms in total. The minimum absolute atomic E-state index is 0.679. The molecule has 0 saturated carbocycles. The molecule has 0 spiro atoms. The summed E-state index contributed by atoms with van der Waals surface area (Å²) in [6, 6.07) is 5.59. The van der Waals surface area contributed by atoms with E-state index in [-0.39, 0.29) is 0 Å². The molecule has 0 amide bonds. The summed E-state index contributed by atoms with van der Waals surface area (Å²) in [5.41, 5.74) is 1.31. The van der Waals surface area contributed by atoms with Crippen LogP contribution in [0.25, 0.3) is 0 Å². The molecule has 2 atom stereocenters. The summed E-state index contributed by atoms with van der Waals surface area (Å²) in [5.74, 6) is 0. The zero-order chi connectivity index (χ0) is 10.3. The number of hydrogen-bond donors (Lipinski definition) is 1. The molecule has 2 fully saturated rings. The fourth-order valence-electron chi connectivity index (χ4n) is 2.75. The zero-order valence-corrected chi connectivity index (χ0v) is 10.1. The third-order valence-electron chi connectivity index (χ3n) is 3.39. The van der Waals surface area contributed by atoms with Gasteiger partial charge in [-0.25, -0.2) is 4.98 Å². The molecule has 2 unspecified atom stereocenters. The maximum Gasteiger partial charge on any atom is 0.108 e. The molecule has 3 heterocycles. The van der Waals surface area contributed by atoms with Gasteiger partial charge in [0.15, 0.2) is 0 Å². The molecule has 80 valence electrons. The lowest BCUT2D eigenvalue weighted by molar-refractivity contribution is 0.484. The van der Waals surface area contributed by atoms with Gasteiger partial charge in [0.1, 0.15) is 4.60 Å². The molecule has 3 rings (SSSR count). The van der Waals surface area contributed by atoms with Crippen LogP contribution in [0.1, 0.15) is 12.8 Å². The smallest absolute Gasteiger partial charge is 0.108 e. The predicted molar refractivity (Wildman–Crippen MR) is 64.1 cm³/mol. The Kier molecular flexibility index (Phi) is 2.41. The topological polar surface area (TPSA) is 28.2 Å². The van der Waals surface area contributed by atoms with Crippen LogP contribution in [0.3, 0.4) is 0 Å². The SMILES string of the molecule is Brc1cc(N2C3CCC2CNC3)ccn1. The van der Waals surface area contributed by atoms with Crippen molar-refractivity contribution in [2.45, 2.75) is 24.9 Å². The van der Waals surface area contributed by atoms with E-state index >= 15 is 0 Å². The summed E-state index contributed by atoms with van der Waals surface area (Å²) < 4.78 is 0.929. The predicted octanol–water partition coefficient (Wildman–Crippen LogP) is 1.78. The number of halogens is 1. The first-order valence-corrected chi connectivity index (χ1v) is 6.24. The van der Waals surface area contributed by atoms with Crippen LogP contribution in [0.4, 0.5) is 5.69 Å². The Balaban J connectivity index is 1.93. The van der Waals surface area contributed by atoms with Gasteiger partial charge in [-0.1, -0.05) is 0 Å². The second kappa shape index (κ2) is 3.76. The Morgan fingerprint density at radius 3 is 2.73 bits per heavy atom. The summed E-state index contributed by atoms with van der Waals surface area (Å²) >= 11 is 3.44. The summed E-state index contributed by atoms with van der Waals surface area (Å²) in [7, 11) is 0. The first kappa shape index (κ1) is 9.60. The molecule has 0 aromatic carbocycles. The van der Waals surface area contributed by atoms with Crippen LogP contribution in [0, 0.1) is 0 Å². The van der Waals surface area contributed by atoms with Crippen molar-refractivity contribution in [1.29, 1.82) is 0 Å². The molecule has 4 heteroatoms. The molecule has 2 bridgehead atoms. The second-order valence-electron chi connectivity index (χ2n) is 4.29. The van der Waals surface area contributed by atoms with E-state index in [0.717, 1.165) is 17.7 Å². The Bertz CT molecular complexity index is 353. The normalized spacial score (nSPS) is 29.5. The van der Waals surface area contributed by atoms with Gasteiger partial charge in [0, 0.05) is 37.1 Å². The van der Waals surface area contributed by atoms with Gasteiger partial charge in [-0.2, -0.15) is 0 Å². The van der Waals surface area contributed by atoms with E-state index < -0.39 is 0 Å². The second-order valence-corrected chi connectivity index (χ2v) is 5.10. The quantitative estimate of drug-likeness (QED) is 0.787. The van der Waals surface area contributed by atoms with E-state index in [1.165, 1.54) is 18.5 Å². The van der Waals surface area contributed by atoms with Crippen LogP contribution < -0.4 is 10.2 Å². The average molecular weight is 268 g/mol. The molecule has 1 N–H and O–H groups in total. The molecule has 2 aliphatic rings. The van der Waals surface area contributed by atoms with Crippen molar-refractivity contribution >= 4 is 21.6 Å². The average Bonchev–Trinajstić information content (AvgIpc) is 2.49. The lowest BCUT2D eigenvalue weighted by Gasteiger charge is -2.37. The van der Waals surface area contributed by atoms with Crippen molar-refractivity contribution in [2.75, 3.05) is 18.0 Å². The molecule has 2 aliphatic heterocycles. The highest BCUT2D eigenvalue weighted by atomic mass is 79.9. The maximum atomic E-state index is 4.18. The van der Waals surface area contributed by atoms with Crippen molar-refractivity contribution < 1.29 is 0 Å². The van der Waals surface area contributed by atoms with Crippen molar-refractivity contribution in [1.82, 2.24) is 10.3 Å². The number of pyridine rings is 1. The molecular weight excluding hydrogens is 254 g/mol. The number of hydrogen-bond acceptors (Lipinski definition) is 3. The highest BCUT2D eigenvalue weighted by molar-refractivity contribution is 9.10. The number of rotatable bonds is 1. The van der Waals surface area contributed by atoms with E-state index in [2.05, 4.69) is 43.3 Å². The first-order chi connectivity index (χ1) is 7.34. The van der Waals surface area contributed by atoms with Crippen molar-refractivity contribution in [3.63, 3.8) is 0 Å². The minimum Gasteiger partial charge on any atom is -0.363 e. The number of piperazine rings is 1. The van der Waals surface area contributed by atoms with Gasteiger partial charge >= 0.3 is 0 Å². The van der Waals surface area contributed by atoms with Gasteiger partial charge in [-0.05, 0) is 40.9 Å². The van der Waals surface area contributed by atoms with E-state index in [1.54, 1.807) is 0 Å². The standard InChI is InChI=1S/C11H14BrN3/c12-11-5-8(3-4-14-11)15-9-1-2-10(15)7-13-6-9/h3-5,9-10,13H,1-2,6-7H2. The van der Waals surface area contributed by atoms with Gasteiger partial charge in [0.2, 0.25) is 0 Å². The van der Waals surface area contributed by atoms with Gasteiger partial charge in [-0.15, -0.1) is 0 Å². The van der Waals surface area contributed by atoms with E-state index in [9.17, 15) is 0 Å². The van der Waals surface area contributed by atoms with Gasteiger partial charge in [-0.3, -0.25) is 0 Å². The van der Waals surface area contributed by atoms with Crippen molar-refractivity contribution in [2.24, 2.45) is 0 Å². The fraction of sp³-hybridized carbons (Fsp3) is 0.545. The Hall–Kier alpha value is -0.610. The van der Waals surface area contributed by atoms with Crippen LogP contribution in [0.2, 0.25) is 0 Å². The van der Waals surface area contributed by atoms with Crippen molar-refractivity contribution in [3.05, 3.63) is 22.9 Å². The van der Waals surface area contributed by atoms with Gasteiger partial charge in [0.05, 0.1) is 0 Å². The number of nitrogens with zero attached hydrogens (tertiary/aromatic N) is 2. The molecular formula is C11H14BrN3. The lowest BCUT2D eigenvalue weighted by atomic mass is 10.2. The largest absolute Gasteiger partial charge is 0.363 e. The number of anilines is 1. The van der Waals surface area contributed by atoms with E-state index in [4.69, 9.17) is 0 Å². The Morgan fingerprint density at radius 1 is 1.33 bits per heavy atom. The first-order valence-electron chi connectivity index (χ1n) is 5.45. The van der Waals surface area contributed by atoms with Crippen LogP contribution in [0.5, 0.6) is 0 Å². The third-order valence-corrected chi connectivity index (χ3v) is 3.82. The Morgan fingerprint density at radius 2 is 2.07 bits per heavy atom. The zero-order valence-electron chi connectivity index (χ0n) is 8.49. The van der Waals surface area contributed by atoms with Crippen LogP contribution in [0.15, 0.2) is 22.9 Å².